The molecular formula is C42H31F3O6. The predicted molar refractivity (Wildman–Crippen MR) is 191 cm³/mol. The summed E-state index contributed by atoms with van der Waals surface area (Å²) in [7, 11) is 0. The summed E-state index contributed by atoms with van der Waals surface area (Å²) < 4.78 is 58.5. The zero-order chi connectivity index (χ0) is 37.1. The van der Waals surface area contributed by atoms with Crippen LogP contribution < -0.4 is 14.2 Å². The van der Waals surface area contributed by atoms with Crippen molar-refractivity contribution < 1.29 is 41.8 Å². The molecule has 0 saturated heterocycles. The van der Waals surface area contributed by atoms with Gasteiger partial charge in [-0.05, 0) is 79.1 Å². The van der Waals surface area contributed by atoms with Crippen molar-refractivity contribution in [2.45, 2.75) is 20.0 Å². The number of hydrogen-bond acceptors (Lipinski definition) is 6. The van der Waals surface area contributed by atoms with Gasteiger partial charge in [0.1, 0.15) is 17.2 Å². The average molecular weight is 689 g/mol. The average Bonchev–Trinajstić information content (AvgIpc) is 3.10. The van der Waals surface area contributed by atoms with Gasteiger partial charge in [-0.1, -0.05) is 92.3 Å². The van der Waals surface area contributed by atoms with Crippen LogP contribution in [-0.2, 0) is 20.6 Å². The third kappa shape index (κ3) is 10.9. The molecule has 6 nitrogen and oxygen atoms in total. The highest BCUT2D eigenvalue weighted by molar-refractivity contribution is 5.90. The quantitative estimate of drug-likeness (QED) is 0.0543. The van der Waals surface area contributed by atoms with Crippen molar-refractivity contribution in [3.63, 3.8) is 0 Å². The fourth-order valence-electron chi connectivity index (χ4n) is 4.18. The molecule has 0 aliphatic carbocycles. The summed E-state index contributed by atoms with van der Waals surface area (Å²) in [6.07, 6.45) is 2.98. The number of esters is 3. The van der Waals surface area contributed by atoms with Crippen LogP contribution in [0.4, 0.5) is 13.2 Å². The first-order valence-corrected chi connectivity index (χ1v) is 15.2. The molecule has 0 saturated carbocycles. The molecule has 0 bridgehead atoms. The van der Waals surface area contributed by atoms with E-state index < -0.39 is 35.2 Å². The standard InChI is InChI=1S/C42H31F3O6/c1-6-39(46)49-35-21-15-32(16-22-35)13-19-33-26-38(51-41(48)28(4)5)34(25-37(33)42(43,44)45)20-14-30-10-7-29(8-11-30)9-12-31-17-23-36(24-18-31)50-40(47)27(2)3/h6-12,14-18,20-26H,1-2,4H2,3,5H3/b12-9+,20-14+. The second-order valence-corrected chi connectivity index (χ2v) is 11.1. The van der Waals surface area contributed by atoms with Crippen molar-refractivity contribution in [1.29, 1.82) is 0 Å². The van der Waals surface area contributed by atoms with Gasteiger partial charge in [-0.15, -0.1) is 0 Å². The first-order chi connectivity index (χ1) is 24.2. The molecule has 51 heavy (non-hydrogen) atoms. The molecule has 4 aromatic rings. The molecule has 0 fully saturated rings. The first kappa shape index (κ1) is 37.2. The smallest absolute Gasteiger partial charge is 0.417 e. The van der Waals surface area contributed by atoms with Gasteiger partial charge in [0.05, 0.1) is 5.56 Å². The molecule has 0 amide bonds. The van der Waals surface area contributed by atoms with E-state index in [2.05, 4.69) is 31.6 Å². The fraction of sp³-hybridized carbons (Fsp3) is 0.0714. The van der Waals surface area contributed by atoms with Gasteiger partial charge in [-0.25, -0.2) is 14.4 Å². The highest BCUT2D eigenvalue weighted by Gasteiger charge is 2.34. The van der Waals surface area contributed by atoms with E-state index in [1.807, 2.05) is 24.3 Å². The van der Waals surface area contributed by atoms with E-state index in [4.69, 9.17) is 14.2 Å². The number of halogens is 3. The molecule has 0 heterocycles. The van der Waals surface area contributed by atoms with Gasteiger partial charge in [-0.2, -0.15) is 13.2 Å². The Hall–Kier alpha value is -6.66. The number of carbonyl (C=O) groups excluding carboxylic acids is 3. The summed E-state index contributed by atoms with van der Waals surface area (Å²) in [6.45, 7) is 13.4. The summed E-state index contributed by atoms with van der Waals surface area (Å²) in [4.78, 5) is 35.5. The fourth-order valence-corrected chi connectivity index (χ4v) is 4.18. The van der Waals surface area contributed by atoms with Crippen LogP contribution in [0.25, 0.3) is 24.3 Å². The molecule has 0 aliphatic heterocycles. The molecule has 0 radical (unpaired) electrons. The SMILES string of the molecule is C=CC(=O)Oc1ccc(C#Cc2cc(OC(=O)C(=C)C)c(/C=C/c3ccc(/C=C/c4ccc(OC(=O)C(=C)C)cc4)cc3)cc2C(F)(F)F)cc1. The van der Waals surface area contributed by atoms with Gasteiger partial charge < -0.3 is 14.2 Å². The minimum atomic E-state index is -4.78. The van der Waals surface area contributed by atoms with Gasteiger partial charge in [0, 0.05) is 33.9 Å². The Morgan fingerprint density at radius 3 is 1.63 bits per heavy atom. The molecule has 0 atom stereocenters. The van der Waals surface area contributed by atoms with Crippen LogP contribution in [0, 0.1) is 11.8 Å². The Kier molecular flexibility index (Phi) is 12.1. The Bertz CT molecular complexity index is 2110. The number of hydrogen-bond donors (Lipinski definition) is 0. The van der Waals surface area contributed by atoms with Crippen molar-refractivity contribution >= 4 is 42.2 Å². The van der Waals surface area contributed by atoms with E-state index in [1.54, 1.807) is 49.4 Å². The number of benzene rings is 4. The number of carbonyl (C=O) groups is 3. The van der Waals surface area contributed by atoms with Crippen LogP contribution >= 0.6 is 0 Å². The summed E-state index contributed by atoms with van der Waals surface area (Å²) in [5.41, 5.74) is 1.66. The van der Waals surface area contributed by atoms with Crippen LogP contribution in [0.2, 0.25) is 0 Å². The zero-order valence-electron chi connectivity index (χ0n) is 27.7. The van der Waals surface area contributed by atoms with Gasteiger partial charge in [0.25, 0.3) is 0 Å². The molecule has 0 spiro atoms. The maximum Gasteiger partial charge on any atom is 0.417 e. The van der Waals surface area contributed by atoms with Crippen LogP contribution in [0.5, 0.6) is 17.2 Å². The lowest BCUT2D eigenvalue weighted by atomic mass is 10.0. The van der Waals surface area contributed by atoms with Crippen molar-refractivity contribution in [3.8, 4) is 29.1 Å². The Morgan fingerprint density at radius 2 is 1.12 bits per heavy atom. The largest absolute Gasteiger partial charge is 0.423 e. The van der Waals surface area contributed by atoms with Gasteiger partial charge >= 0.3 is 24.1 Å². The molecular weight excluding hydrogens is 657 g/mol. The second kappa shape index (κ2) is 16.6. The minimum absolute atomic E-state index is 0.00258. The molecule has 0 aromatic heterocycles. The van der Waals surface area contributed by atoms with E-state index in [9.17, 15) is 27.6 Å². The molecule has 256 valence electrons. The number of ether oxygens (including phenoxy) is 3. The van der Waals surface area contributed by atoms with E-state index in [1.165, 1.54) is 37.3 Å². The highest BCUT2D eigenvalue weighted by Crippen LogP contribution is 2.37. The van der Waals surface area contributed by atoms with Crippen molar-refractivity contribution in [2.75, 3.05) is 0 Å². The van der Waals surface area contributed by atoms with Gasteiger partial charge in [0.2, 0.25) is 0 Å². The van der Waals surface area contributed by atoms with E-state index in [-0.39, 0.29) is 22.6 Å². The van der Waals surface area contributed by atoms with Crippen LogP contribution in [0.3, 0.4) is 0 Å². The second-order valence-electron chi connectivity index (χ2n) is 11.1. The zero-order valence-corrected chi connectivity index (χ0v) is 27.7. The highest BCUT2D eigenvalue weighted by atomic mass is 19.4. The molecule has 4 aromatic carbocycles. The maximum atomic E-state index is 14.3. The van der Waals surface area contributed by atoms with Crippen molar-refractivity contribution in [3.05, 3.63) is 161 Å². The Labute approximate surface area is 293 Å². The summed E-state index contributed by atoms with van der Waals surface area (Å²) in [5, 5.41) is 0. The molecule has 0 unspecified atom stereocenters. The molecule has 9 heteroatoms. The lowest BCUT2D eigenvalue weighted by Crippen LogP contribution is -2.12. The lowest BCUT2D eigenvalue weighted by Gasteiger charge is -2.14. The summed E-state index contributed by atoms with van der Waals surface area (Å²) in [5.74, 6) is 3.70. The topological polar surface area (TPSA) is 78.9 Å². The normalized spacial score (nSPS) is 11.0. The van der Waals surface area contributed by atoms with E-state index in [0.717, 1.165) is 29.3 Å². The number of rotatable bonds is 10. The van der Waals surface area contributed by atoms with Crippen LogP contribution in [0.15, 0.2) is 122 Å². The van der Waals surface area contributed by atoms with Crippen molar-refractivity contribution in [1.82, 2.24) is 0 Å². The van der Waals surface area contributed by atoms with Crippen LogP contribution in [-0.4, -0.2) is 17.9 Å². The number of alkyl halides is 3. The maximum absolute atomic E-state index is 14.3. The molecule has 0 aliphatic rings. The lowest BCUT2D eigenvalue weighted by molar-refractivity contribution is -0.137. The van der Waals surface area contributed by atoms with Gasteiger partial charge in [0.15, 0.2) is 0 Å². The molecule has 0 N–H and O–H groups in total. The Balaban J connectivity index is 1.59. The van der Waals surface area contributed by atoms with E-state index >= 15 is 0 Å². The summed E-state index contributed by atoms with van der Waals surface area (Å²) >= 11 is 0. The first-order valence-electron chi connectivity index (χ1n) is 15.2. The van der Waals surface area contributed by atoms with E-state index in [0.29, 0.717) is 22.4 Å². The van der Waals surface area contributed by atoms with Gasteiger partial charge in [-0.3, -0.25) is 0 Å². The predicted octanol–water partition coefficient (Wildman–Crippen LogP) is 9.50. The third-order valence-electron chi connectivity index (χ3n) is 6.89. The third-order valence-corrected chi connectivity index (χ3v) is 6.89. The van der Waals surface area contributed by atoms with Crippen LogP contribution in [0.1, 0.15) is 52.8 Å². The van der Waals surface area contributed by atoms with Crippen molar-refractivity contribution in [2.24, 2.45) is 0 Å². The monoisotopic (exact) mass is 688 g/mol. The molecule has 4 rings (SSSR count). The summed E-state index contributed by atoms with van der Waals surface area (Å²) in [6, 6.07) is 21.9. The minimum Gasteiger partial charge on any atom is -0.423 e. The Morgan fingerprint density at radius 1 is 0.647 bits per heavy atom.